The number of amides is 1. The lowest BCUT2D eigenvalue weighted by molar-refractivity contribution is -0.118. The van der Waals surface area contributed by atoms with E-state index in [4.69, 9.17) is 9.72 Å². The zero-order valence-electron chi connectivity index (χ0n) is 24.0. The lowest BCUT2D eigenvalue weighted by Gasteiger charge is -2.37. The van der Waals surface area contributed by atoms with E-state index in [1.54, 1.807) is 17.7 Å². The number of ether oxygens (including phenoxy) is 1. The molecule has 0 radical (unpaired) electrons. The second-order valence-electron chi connectivity index (χ2n) is 11.2. The highest BCUT2D eigenvalue weighted by atomic mass is 79.9. The fourth-order valence-electron chi connectivity index (χ4n) is 6.16. The fraction of sp³-hybridized carbons (Fsp3) is 0.265. The van der Waals surface area contributed by atoms with Crippen molar-refractivity contribution in [3.05, 3.63) is 105 Å². The van der Waals surface area contributed by atoms with Crippen LogP contribution in [0.25, 0.3) is 10.2 Å². The van der Waals surface area contributed by atoms with Crippen molar-refractivity contribution in [1.82, 2.24) is 9.97 Å². The molecule has 44 heavy (non-hydrogen) atoms. The molecule has 1 fully saturated rings. The minimum atomic E-state index is -0.208. The maximum atomic E-state index is 13.4. The maximum Gasteiger partial charge on any atom is 0.262 e. The van der Waals surface area contributed by atoms with E-state index in [2.05, 4.69) is 48.2 Å². The van der Waals surface area contributed by atoms with Crippen molar-refractivity contribution in [1.29, 1.82) is 0 Å². The molecule has 1 aliphatic carbocycles. The molecule has 1 atom stereocenters. The van der Waals surface area contributed by atoms with Gasteiger partial charge in [0.15, 0.2) is 6.61 Å². The Labute approximate surface area is 267 Å². The van der Waals surface area contributed by atoms with Gasteiger partial charge in [-0.15, -0.1) is 11.3 Å². The molecule has 0 spiro atoms. The predicted octanol–water partition coefficient (Wildman–Crippen LogP) is 7.21. The minimum Gasteiger partial charge on any atom is -0.484 e. The van der Waals surface area contributed by atoms with Crippen LogP contribution in [-0.4, -0.2) is 48.7 Å². The highest BCUT2D eigenvalue weighted by Gasteiger charge is 2.28. The number of anilines is 3. The molecule has 2 aromatic heterocycles. The second kappa shape index (κ2) is 12.5. The highest BCUT2D eigenvalue weighted by Crippen LogP contribution is 2.43. The molecular weight excluding hydrogens is 641 g/mol. The average molecular weight is 673 g/mol. The Morgan fingerprint density at radius 1 is 0.955 bits per heavy atom. The van der Waals surface area contributed by atoms with Gasteiger partial charge in [-0.25, -0.2) is 14.4 Å². The Morgan fingerprint density at radius 3 is 2.43 bits per heavy atom. The first-order valence-electron chi connectivity index (χ1n) is 14.8. The van der Waals surface area contributed by atoms with Crippen molar-refractivity contribution in [2.45, 2.75) is 25.2 Å². The first-order chi connectivity index (χ1) is 21.5. The number of halogens is 2. The van der Waals surface area contributed by atoms with E-state index in [0.29, 0.717) is 11.7 Å². The first-order valence-corrected chi connectivity index (χ1v) is 16.4. The molecule has 1 unspecified atom stereocenters. The molecule has 1 amide bonds. The van der Waals surface area contributed by atoms with Crippen LogP contribution >= 0.6 is 27.3 Å². The molecule has 0 bridgehead atoms. The van der Waals surface area contributed by atoms with Crippen molar-refractivity contribution in [2.75, 3.05) is 47.9 Å². The molecule has 1 aliphatic heterocycles. The average Bonchev–Trinajstić information content (AvgIpc) is 3.44. The van der Waals surface area contributed by atoms with Gasteiger partial charge in [0.2, 0.25) is 0 Å². The monoisotopic (exact) mass is 671 g/mol. The molecule has 2 aliphatic rings. The Kier molecular flexibility index (Phi) is 8.18. The summed E-state index contributed by atoms with van der Waals surface area (Å²) >= 11 is 5.19. The van der Waals surface area contributed by atoms with Gasteiger partial charge in [0.1, 0.15) is 28.5 Å². The summed E-state index contributed by atoms with van der Waals surface area (Å²) in [5, 5.41) is 4.06. The molecule has 0 saturated carbocycles. The summed E-state index contributed by atoms with van der Waals surface area (Å²) in [4.78, 5) is 28.9. The van der Waals surface area contributed by atoms with Crippen LogP contribution < -0.4 is 19.9 Å². The number of piperazine rings is 1. The first kappa shape index (κ1) is 28.7. The standard InChI is InChI=1S/C34H31BrFN5O2S/c35-24-4-8-26(9-5-24)39-31(42)20-43-28-12-1-22(2-13-28)23-3-14-29-30(19-23)44-34-32(29)33(37-21-38-34)41-17-15-40(16-18-41)27-10-6-25(36)7-11-27/h1-2,4-13,21,23H,3,14-20H2,(H,39,42). The van der Waals surface area contributed by atoms with Gasteiger partial charge in [0.05, 0.1) is 5.39 Å². The van der Waals surface area contributed by atoms with Gasteiger partial charge in [-0.3, -0.25) is 4.79 Å². The Hall–Kier alpha value is -4.02. The quantitative estimate of drug-likeness (QED) is 0.197. The molecule has 5 aromatic rings. The number of fused-ring (bicyclic) bond motifs is 3. The number of aryl methyl sites for hydroxylation is 1. The van der Waals surface area contributed by atoms with Crippen molar-refractivity contribution in [3.63, 3.8) is 0 Å². The van der Waals surface area contributed by atoms with Gasteiger partial charge in [-0.1, -0.05) is 28.1 Å². The van der Waals surface area contributed by atoms with E-state index in [-0.39, 0.29) is 18.3 Å². The van der Waals surface area contributed by atoms with Crippen molar-refractivity contribution >= 4 is 60.6 Å². The number of nitrogens with zero attached hydrogens (tertiary/aromatic N) is 4. The van der Waals surface area contributed by atoms with Crippen LogP contribution in [0.2, 0.25) is 0 Å². The third-order valence-corrected chi connectivity index (χ3v) is 10.1. The minimum absolute atomic E-state index is 0.0470. The van der Waals surface area contributed by atoms with Crippen LogP contribution in [0, 0.1) is 5.82 Å². The van der Waals surface area contributed by atoms with Crippen LogP contribution in [-0.2, 0) is 17.6 Å². The summed E-state index contributed by atoms with van der Waals surface area (Å²) in [6.45, 7) is 3.39. The van der Waals surface area contributed by atoms with Crippen LogP contribution in [0.3, 0.4) is 0 Å². The third-order valence-electron chi connectivity index (χ3n) is 8.45. The van der Waals surface area contributed by atoms with E-state index in [1.807, 2.05) is 48.5 Å². The zero-order valence-corrected chi connectivity index (χ0v) is 26.4. The Bertz CT molecular complexity index is 1770. The smallest absolute Gasteiger partial charge is 0.262 e. The number of carbonyl (C=O) groups excluding carboxylic acids is 1. The van der Waals surface area contributed by atoms with Gasteiger partial charge in [0, 0.05) is 46.9 Å². The molecule has 224 valence electrons. The Balaban J connectivity index is 0.989. The van der Waals surface area contributed by atoms with Gasteiger partial charge < -0.3 is 19.9 Å². The van der Waals surface area contributed by atoms with Crippen LogP contribution in [0.5, 0.6) is 5.75 Å². The van der Waals surface area contributed by atoms with Crippen molar-refractivity contribution in [2.24, 2.45) is 0 Å². The van der Waals surface area contributed by atoms with Crippen LogP contribution in [0.1, 0.15) is 28.3 Å². The van der Waals surface area contributed by atoms with E-state index < -0.39 is 0 Å². The largest absolute Gasteiger partial charge is 0.484 e. The summed E-state index contributed by atoms with van der Waals surface area (Å²) < 4.78 is 20.1. The lowest BCUT2D eigenvalue weighted by atomic mass is 9.83. The summed E-state index contributed by atoms with van der Waals surface area (Å²) in [5.74, 6) is 1.73. The summed E-state index contributed by atoms with van der Waals surface area (Å²) in [7, 11) is 0. The van der Waals surface area contributed by atoms with E-state index in [1.165, 1.54) is 33.5 Å². The third kappa shape index (κ3) is 6.14. The fourth-order valence-corrected chi connectivity index (χ4v) is 7.69. The normalized spacial score (nSPS) is 16.5. The van der Waals surface area contributed by atoms with E-state index >= 15 is 0 Å². The summed E-state index contributed by atoms with van der Waals surface area (Å²) in [5.41, 5.74) is 4.47. The molecular formula is C34H31BrFN5O2S. The van der Waals surface area contributed by atoms with Gasteiger partial charge >= 0.3 is 0 Å². The van der Waals surface area contributed by atoms with E-state index in [0.717, 1.165) is 71.9 Å². The van der Waals surface area contributed by atoms with Gasteiger partial charge in [-0.2, -0.15) is 0 Å². The van der Waals surface area contributed by atoms with Gasteiger partial charge in [0.25, 0.3) is 5.91 Å². The number of hydrogen-bond donors (Lipinski definition) is 1. The van der Waals surface area contributed by atoms with Crippen molar-refractivity contribution in [3.8, 4) is 5.75 Å². The van der Waals surface area contributed by atoms with Crippen molar-refractivity contribution < 1.29 is 13.9 Å². The number of rotatable bonds is 7. The highest BCUT2D eigenvalue weighted by molar-refractivity contribution is 9.10. The van der Waals surface area contributed by atoms with Crippen LogP contribution in [0.4, 0.5) is 21.6 Å². The molecule has 3 aromatic carbocycles. The predicted molar refractivity (Wildman–Crippen MR) is 178 cm³/mol. The van der Waals surface area contributed by atoms with E-state index in [9.17, 15) is 9.18 Å². The molecule has 3 heterocycles. The molecule has 1 N–H and O–H groups in total. The van der Waals surface area contributed by atoms with Gasteiger partial charge in [-0.05, 0) is 97.0 Å². The molecule has 7 nitrogen and oxygen atoms in total. The molecule has 10 heteroatoms. The zero-order chi connectivity index (χ0) is 30.0. The number of benzene rings is 3. The number of nitrogens with one attached hydrogen (secondary N) is 1. The summed E-state index contributed by atoms with van der Waals surface area (Å²) in [6.07, 6.45) is 4.72. The SMILES string of the molecule is O=C(COc1ccc(C2CCc3c(sc4ncnc(N5CCN(c6ccc(F)cc6)CC5)c34)C2)cc1)Nc1ccc(Br)cc1. The number of carbonyl (C=O) groups is 1. The number of thiophene rings is 1. The lowest BCUT2D eigenvalue weighted by Crippen LogP contribution is -2.47. The number of hydrogen-bond acceptors (Lipinski definition) is 7. The summed E-state index contributed by atoms with van der Waals surface area (Å²) in [6, 6.07) is 22.4. The second-order valence-corrected chi connectivity index (χ2v) is 13.2. The molecule has 7 rings (SSSR count). The topological polar surface area (TPSA) is 70.6 Å². The molecule has 1 saturated heterocycles. The number of aromatic nitrogens is 2. The maximum absolute atomic E-state index is 13.4. The Morgan fingerprint density at radius 2 is 1.68 bits per heavy atom. The van der Waals surface area contributed by atoms with Crippen LogP contribution in [0.15, 0.2) is 83.6 Å².